The molecule has 0 bridgehead atoms. The molecule has 0 unspecified atom stereocenters. The number of ether oxygens (including phenoxy) is 2. The van der Waals surface area contributed by atoms with Crippen molar-refractivity contribution in [3.05, 3.63) is 23.8 Å². The molecule has 0 aromatic heterocycles. The lowest BCUT2D eigenvalue weighted by Crippen LogP contribution is -2.15. The SMILES string of the molecule is CCCOc1ccc(CNCCCO)cc1OC. The van der Waals surface area contributed by atoms with E-state index < -0.39 is 0 Å². The van der Waals surface area contributed by atoms with Gasteiger partial charge in [-0.2, -0.15) is 0 Å². The van der Waals surface area contributed by atoms with Gasteiger partial charge in [-0.25, -0.2) is 0 Å². The third-order valence-electron chi connectivity index (χ3n) is 2.53. The lowest BCUT2D eigenvalue weighted by atomic mass is 10.2. The fourth-order valence-electron chi connectivity index (χ4n) is 1.59. The highest BCUT2D eigenvalue weighted by Gasteiger charge is 2.05. The third kappa shape index (κ3) is 4.94. The van der Waals surface area contributed by atoms with Gasteiger partial charge in [0.25, 0.3) is 0 Å². The highest BCUT2D eigenvalue weighted by molar-refractivity contribution is 5.42. The molecule has 0 amide bonds. The van der Waals surface area contributed by atoms with Crippen LogP contribution < -0.4 is 14.8 Å². The molecule has 0 fully saturated rings. The van der Waals surface area contributed by atoms with Crippen LogP contribution in [0.2, 0.25) is 0 Å². The third-order valence-corrected chi connectivity index (χ3v) is 2.53. The summed E-state index contributed by atoms with van der Waals surface area (Å²) in [5, 5.41) is 11.9. The molecule has 0 heterocycles. The van der Waals surface area contributed by atoms with E-state index in [2.05, 4.69) is 12.2 Å². The van der Waals surface area contributed by atoms with Crippen molar-refractivity contribution in [3.8, 4) is 11.5 Å². The average molecular weight is 253 g/mol. The van der Waals surface area contributed by atoms with Gasteiger partial charge in [-0.15, -0.1) is 0 Å². The Morgan fingerprint density at radius 3 is 2.78 bits per heavy atom. The van der Waals surface area contributed by atoms with E-state index in [0.717, 1.165) is 43.0 Å². The first-order valence-electron chi connectivity index (χ1n) is 6.43. The second kappa shape index (κ2) is 8.78. The summed E-state index contributed by atoms with van der Waals surface area (Å²) in [7, 11) is 1.65. The zero-order valence-electron chi connectivity index (χ0n) is 11.2. The van der Waals surface area contributed by atoms with Crippen molar-refractivity contribution < 1.29 is 14.6 Å². The summed E-state index contributed by atoms with van der Waals surface area (Å²) in [6.07, 6.45) is 1.75. The van der Waals surface area contributed by atoms with Crippen LogP contribution in [-0.2, 0) is 6.54 Å². The van der Waals surface area contributed by atoms with Crippen LogP contribution in [0.3, 0.4) is 0 Å². The summed E-state index contributed by atoms with van der Waals surface area (Å²) in [6.45, 7) is 4.58. The molecule has 1 aromatic rings. The maximum atomic E-state index is 8.69. The van der Waals surface area contributed by atoms with Crippen LogP contribution in [0.1, 0.15) is 25.3 Å². The molecule has 0 saturated carbocycles. The van der Waals surface area contributed by atoms with Crippen molar-refractivity contribution in [2.45, 2.75) is 26.3 Å². The van der Waals surface area contributed by atoms with Crippen molar-refractivity contribution in [3.63, 3.8) is 0 Å². The maximum Gasteiger partial charge on any atom is 0.161 e. The predicted molar refractivity (Wildman–Crippen MR) is 72.2 cm³/mol. The number of rotatable bonds is 9. The van der Waals surface area contributed by atoms with Crippen molar-refractivity contribution in [2.75, 3.05) is 26.9 Å². The van der Waals surface area contributed by atoms with Gasteiger partial charge in [0, 0.05) is 13.2 Å². The van der Waals surface area contributed by atoms with Gasteiger partial charge in [0.2, 0.25) is 0 Å². The number of aliphatic hydroxyl groups excluding tert-OH is 1. The van der Waals surface area contributed by atoms with E-state index in [9.17, 15) is 0 Å². The molecule has 0 radical (unpaired) electrons. The standard InChI is InChI=1S/C14H23NO3/c1-3-9-18-13-6-5-12(10-14(13)17-2)11-15-7-4-8-16/h5-6,10,15-16H,3-4,7-9,11H2,1-2H3. The van der Waals surface area contributed by atoms with Crippen LogP contribution in [-0.4, -0.2) is 32.0 Å². The Hall–Kier alpha value is -1.26. The number of aliphatic hydroxyl groups is 1. The van der Waals surface area contributed by atoms with Gasteiger partial charge in [-0.3, -0.25) is 0 Å². The van der Waals surface area contributed by atoms with Crippen LogP contribution in [0, 0.1) is 0 Å². The summed E-state index contributed by atoms with van der Waals surface area (Å²) < 4.78 is 10.9. The van der Waals surface area contributed by atoms with E-state index >= 15 is 0 Å². The lowest BCUT2D eigenvalue weighted by Gasteiger charge is -2.12. The molecular weight excluding hydrogens is 230 g/mol. The monoisotopic (exact) mass is 253 g/mol. The summed E-state index contributed by atoms with van der Waals surface area (Å²) in [5.41, 5.74) is 1.15. The first-order chi connectivity index (χ1) is 8.81. The number of hydrogen-bond donors (Lipinski definition) is 2. The minimum atomic E-state index is 0.222. The lowest BCUT2D eigenvalue weighted by molar-refractivity contribution is 0.286. The molecule has 102 valence electrons. The zero-order valence-corrected chi connectivity index (χ0v) is 11.2. The Kier molecular flexibility index (Phi) is 7.22. The van der Waals surface area contributed by atoms with Crippen molar-refractivity contribution in [2.24, 2.45) is 0 Å². The predicted octanol–water partition coefficient (Wildman–Crippen LogP) is 1.96. The van der Waals surface area contributed by atoms with Crippen molar-refractivity contribution in [1.82, 2.24) is 5.32 Å². The van der Waals surface area contributed by atoms with E-state index in [1.54, 1.807) is 7.11 Å². The smallest absolute Gasteiger partial charge is 0.161 e. The topological polar surface area (TPSA) is 50.7 Å². The van der Waals surface area contributed by atoms with Crippen LogP contribution in [0.15, 0.2) is 18.2 Å². The van der Waals surface area contributed by atoms with Gasteiger partial charge < -0.3 is 19.9 Å². The van der Waals surface area contributed by atoms with E-state index in [1.807, 2.05) is 18.2 Å². The van der Waals surface area contributed by atoms with Gasteiger partial charge in [0.1, 0.15) is 0 Å². The Balaban J connectivity index is 2.55. The fourth-order valence-corrected chi connectivity index (χ4v) is 1.59. The minimum Gasteiger partial charge on any atom is -0.493 e. The molecule has 0 aliphatic carbocycles. The van der Waals surface area contributed by atoms with Gasteiger partial charge in [-0.05, 0) is 37.1 Å². The minimum absolute atomic E-state index is 0.222. The van der Waals surface area contributed by atoms with Crippen molar-refractivity contribution >= 4 is 0 Å². The average Bonchev–Trinajstić information content (AvgIpc) is 2.41. The van der Waals surface area contributed by atoms with Gasteiger partial charge in [0.05, 0.1) is 13.7 Å². The first kappa shape index (κ1) is 14.8. The molecular formula is C14H23NO3. The Bertz CT molecular complexity index is 342. The molecule has 18 heavy (non-hydrogen) atoms. The second-order valence-corrected chi connectivity index (χ2v) is 4.09. The molecule has 0 aliphatic rings. The molecule has 0 atom stereocenters. The van der Waals surface area contributed by atoms with Crippen LogP contribution >= 0.6 is 0 Å². The Morgan fingerprint density at radius 1 is 1.28 bits per heavy atom. The van der Waals surface area contributed by atoms with Crippen LogP contribution in [0.5, 0.6) is 11.5 Å². The normalized spacial score (nSPS) is 10.4. The highest BCUT2D eigenvalue weighted by atomic mass is 16.5. The largest absolute Gasteiger partial charge is 0.493 e. The molecule has 2 N–H and O–H groups in total. The summed E-state index contributed by atoms with van der Waals surface area (Å²) in [5.74, 6) is 1.56. The van der Waals surface area contributed by atoms with Crippen LogP contribution in [0.4, 0.5) is 0 Å². The zero-order chi connectivity index (χ0) is 13.2. The highest BCUT2D eigenvalue weighted by Crippen LogP contribution is 2.28. The van der Waals surface area contributed by atoms with E-state index in [0.29, 0.717) is 6.61 Å². The Labute approximate surface area is 109 Å². The molecule has 4 heteroatoms. The van der Waals surface area contributed by atoms with Crippen molar-refractivity contribution in [1.29, 1.82) is 0 Å². The van der Waals surface area contributed by atoms with Gasteiger partial charge in [0.15, 0.2) is 11.5 Å². The first-order valence-corrected chi connectivity index (χ1v) is 6.43. The molecule has 4 nitrogen and oxygen atoms in total. The van der Waals surface area contributed by atoms with Crippen LogP contribution in [0.25, 0.3) is 0 Å². The number of benzene rings is 1. The van der Waals surface area contributed by atoms with E-state index in [-0.39, 0.29) is 6.61 Å². The number of hydrogen-bond acceptors (Lipinski definition) is 4. The fraction of sp³-hybridized carbons (Fsp3) is 0.571. The van der Waals surface area contributed by atoms with Gasteiger partial charge in [-0.1, -0.05) is 13.0 Å². The van der Waals surface area contributed by atoms with E-state index in [4.69, 9.17) is 14.6 Å². The second-order valence-electron chi connectivity index (χ2n) is 4.09. The number of methoxy groups -OCH3 is 1. The molecule has 1 aromatic carbocycles. The molecule has 0 spiro atoms. The van der Waals surface area contributed by atoms with Gasteiger partial charge >= 0.3 is 0 Å². The molecule has 0 saturated heterocycles. The maximum absolute atomic E-state index is 8.69. The molecule has 1 rings (SSSR count). The molecule has 0 aliphatic heterocycles. The summed E-state index contributed by atoms with van der Waals surface area (Å²) in [6, 6.07) is 5.95. The summed E-state index contributed by atoms with van der Waals surface area (Å²) in [4.78, 5) is 0. The number of nitrogens with one attached hydrogen (secondary N) is 1. The Morgan fingerprint density at radius 2 is 2.11 bits per heavy atom. The van der Waals surface area contributed by atoms with E-state index in [1.165, 1.54) is 0 Å². The summed E-state index contributed by atoms with van der Waals surface area (Å²) >= 11 is 0. The quantitative estimate of drug-likeness (QED) is 0.661.